The van der Waals surface area contributed by atoms with E-state index in [1.54, 1.807) is 0 Å². The topological polar surface area (TPSA) is 37.3 Å². The number of carboxylic acids is 1. The third-order valence-electron chi connectivity index (χ3n) is 3.13. The molecule has 0 unspecified atom stereocenters. The van der Waals surface area contributed by atoms with Gasteiger partial charge in [0.2, 0.25) is 0 Å². The van der Waals surface area contributed by atoms with Crippen LogP contribution in [0.25, 0.3) is 0 Å². The first-order valence-electron chi connectivity index (χ1n) is 4.94. The third-order valence-corrected chi connectivity index (χ3v) is 3.13. The van der Waals surface area contributed by atoms with Crippen molar-refractivity contribution in [1.29, 1.82) is 0 Å². The molecular weight excluding hydrogens is 176 g/mol. The first-order valence-corrected chi connectivity index (χ1v) is 4.94. The van der Waals surface area contributed by atoms with Gasteiger partial charge in [0.05, 0.1) is 5.41 Å². The lowest BCUT2D eigenvalue weighted by Gasteiger charge is -2.43. The fourth-order valence-corrected chi connectivity index (χ4v) is 2.42. The molecule has 1 aromatic carbocycles. The monoisotopic (exact) mass is 190 g/mol. The van der Waals surface area contributed by atoms with Gasteiger partial charge in [-0.1, -0.05) is 37.3 Å². The van der Waals surface area contributed by atoms with Crippen molar-refractivity contribution in [2.24, 2.45) is 5.92 Å². The molecule has 2 heteroatoms. The predicted molar refractivity (Wildman–Crippen MR) is 54.2 cm³/mol. The molecule has 0 heterocycles. The van der Waals surface area contributed by atoms with E-state index in [2.05, 4.69) is 6.92 Å². The molecule has 1 saturated carbocycles. The quantitative estimate of drug-likeness (QED) is 0.777. The Labute approximate surface area is 83.6 Å². The Hall–Kier alpha value is -1.31. The summed E-state index contributed by atoms with van der Waals surface area (Å²) in [5, 5.41) is 9.25. The van der Waals surface area contributed by atoms with Crippen molar-refractivity contribution in [3.63, 3.8) is 0 Å². The molecule has 0 radical (unpaired) electrons. The van der Waals surface area contributed by atoms with Gasteiger partial charge in [-0.2, -0.15) is 0 Å². The molecule has 0 spiro atoms. The van der Waals surface area contributed by atoms with Crippen molar-refractivity contribution < 1.29 is 9.90 Å². The third kappa shape index (κ3) is 1.22. The minimum Gasteiger partial charge on any atom is -0.481 e. The lowest BCUT2D eigenvalue weighted by Crippen LogP contribution is -2.46. The van der Waals surface area contributed by atoms with Crippen LogP contribution in [0, 0.1) is 5.92 Å². The van der Waals surface area contributed by atoms with E-state index in [9.17, 15) is 9.90 Å². The molecule has 0 atom stereocenters. The molecule has 2 nitrogen and oxygen atoms in total. The fourth-order valence-electron chi connectivity index (χ4n) is 2.42. The van der Waals surface area contributed by atoms with E-state index in [1.807, 2.05) is 30.3 Å². The Balaban J connectivity index is 2.34. The van der Waals surface area contributed by atoms with Gasteiger partial charge in [0.1, 0.15) is 0 Å². The summed E-state index contributed by atoms with van der Waals surface area (Å²) >= 11 is 0. The predicted octanol–water partition coefficient (Wildman–Crippen LogP) is 2.44. The zero-order valence-corrected chi connectivity index (χ0v) is 8.23. The van der Waals surface area contributed by atoms with Gasteiger partial charge in [-0.15, -0.1) is 0 Å². The summed E-state index contributed by atoms with van der Waals surface area (Å²) in [6.45, 7) is 2.10. The number of hydrogen-bond acceptors (Lipinski definition) is 1. The second kappa shape index (κ2) is 3.12. The molecule has 1 aromatic rings. The summed E-state index contributed by atoms with van der Waals surface area (Å²) in [6.07, 6.45) is 1.54. The number of benzene rings is 1. The van der Waals surface area contributed by atoms with E-state index in [4.69, 9.17) is 0 Å². The zero-order valence-electron chi connectivity index (χ0n) is 8.23. The van der Waals surface area contributed by atoms with Crippen LogP contribution in [0.1, 0.15) is 25.3 Å². The van der Waals surface area contributed by atoms with Gasteiger partial charge in [-0.25, -0.2) is 0 Å². The minimum absolute atomic E-state index is 0.534. The maximum absolute atomic E-state index is 11.2. The van der Waals surface area contributed by atoms with Crippen LogP contribution in [0.2, 0.25) is 0 Å². The average molecular weight is 190 g/mol. The van der Waals surface area contributed by atoms with Gasteiger partial charge < -0.3 is 5.11 Å². The first kappa shape index (κ1) is 9.25. The Kier molecular flexibility index (Phi) is 2.06. The number of carboxylic acid groups (broad SMARTS) is 1. The van der Waals surface area contributed by atoms with Crippen molar-refractivity contribution in [2.75, 3.05) is 0 Å². The number of hydrogen-bond donors (Lipinski definition) is 1. The molecule has 1 aliphatic carbocycles. The van der Waals surface area contributed by atoms with Crippen LogP contribution < -0.4 is 0 Å². The first-order chi connectivity index (χ1) is 6.65. The molecule has 0 amide bonds. The Morgan fingerprint density at radius 2 is 1.93 bits per heavy atom. The highest BCUT2D eigenvalue weighted by molar-refractivity contribution is 5.82. The molecule has 1 N–H and O–H groups in total. The molecule has 0 aromatic heterocycles. The van der Waals surface area contributed by atoms with Crippen molar-refractivity contribution in [1.82, 2.24) is 0 Å². The van der Waals surface area contributed by atoms with Crippen LogP contribution in [0.15, 0.2) is 30.3 Å². The van der Waals surface area contributed by atoms with Crippen LogP contribution in [0.5, 0.6) is 0 Å². The molecule has 1 fully saturated rings. The second-order valence-electron chi connectivity index (χ2n) is 4.27. The highest BCUT2D eigenvalue weighted by Crippen LogP contribution is 2.47. The lowest BCUT2D eigenvalue weighted by atomic mass is 9.59. The summed E-state index contributed by atoms with van der Waals surface area (Å²) < 4.78 is 0. The van der Waals surface area contributed by atoms with Gasteiger partial charge in [-0.3, -0.25) is 4.79 Å². The molecule has 74 valence electrons. The van der Waals surface area contributed by atoms with Gasteiger partial charge >= 0.3 is 5.97 Å². The number of rotatable bonds is 2. The molecule has 2 rings (SSSR count). The maximum atomic E-state index is 11.2. The van der Waals surface area contributed by atoms with Crippen LogP contribution in [0.4, 0.5) is 0 Å². The van der Waals surface area contributed by atoms with Gasteiger partial charge in [0.25, 0.3) is 0 Å². The molecular formula is C12H14O2. The van der Waals surface area contributed by atoms with Crippen LogP contribution in [-0.4, -0.2) is 11.1 Å². The second-order valence-corrected chi connectivity index (χ2v) is 4.27. The standard InChI is InChI=1S/C12H14O2/c1-9-7-12(8-9,11(13)14)10-5-3-2-4-6-10/h2-6,9H,7-8H2,1H3,(H,13,14)/t9-,12+. The molecule has 1 aliphatic rings. The highest BCUT2D eigenvalue weighted by Gasteiger charge is 2.49. The minimum atomic E-state index is -0.679. The normalized spacial score (nSPS) is 30.8. The van der Waals surface area contributed by atoms with Gasteiger partial charge in [0.15, 0.2) is 0 Å². The summed E-state index contributed by atoms with van der Waals surface area (Å²) in [5.74, 6) is -0.145. The van der Waals surface area contributed by atoms with Crippen LogP contribution >= 0.6 is 0 Å². The maximum Gasteiger partial charge on any atom is 0.314 e. The molecule has 0 saturated heterocycles. The zero-order chi connectivity index (χ0) is 10.2. The largest absolute Gasteiger partial charge is 0.481 e. The molecule has 0 aliphatic heterocycles. The average Bonchev–Trinajstić information content (AvgIpc) is 2.13. The Morgan fingerprint density at radius 3 is 2.36 bits per heavy atom. The smallest absolute Gasteiger partial charge is 0.314 e. The Morgan fingerprint density at radius 1 is 1.36 bits per heavy atom. The summed E-state index contributed by atoms with van der Waals surface area (Å²) in [4.78, 5) is 11.2. The number of carbonyl (C=O) groups is 1. The summed E-state index contributed by atoms with van der Waals surface area (Å²) in [7, 11) is 0. The van der Waals surface area contributed by atoms with E-state index in [0.717, 1.165) is 18.4 Å². The van der Waals surface area contributed by atoms with E-state index in [0.29, 0.717) is 5.92 Å². The van der Waals surface area contributed by atoms with Crippen LogP contribution in [0.3, 0.4) is 0 Å². The van der Waals surface area contributed by atoms with Crippen molar-refractivity contribution >= 4 is 5.97 Å². The van der Waals surface area contributed by atoms with Crippen molar-refractivity contribution in [3.05, 3.63) is 35.9 Å². The van der Waals surface area contributed by atoms with E-state index < -0.39 is 11.4 Å². The fraction of sp³-hybridized carbons (Fsp3) is 0.417. The summed E-state index contributed by atoms with van der Waals surface area (Å²) in [5.41, 5.74) is 0.353. The molecule has 0 bridgehead atoms. The SMILES string of the molecule is C[C@H]1C[C@](C(=O)O)(c2ccccc2)C1. The highest BCUT2D eigenvalue weighted by atomic mass is 16.4. The van der Waals surface area contributed by atoms with Gasteiger partial charge in [-0.05, 0) is 24.3 Å². The lowest BCUT2D eigenvalue weighted by molar-refractivity contribution is -0.149. The van der Waals surface area contributed by atoms with E-state index in [1.165, 1.54) is 0 Å². The Bertz CT molecular complexity index is 337. The van der Waals surface area contributed by atoms with Crippen molar-refractivity contribution in [2.45, 2.75) is 25.2 Å². The van der Waals surface area contributed by atoms with Gasteiger partial charge in [0, 0.05) is 0 Å². The van der Waals surface area contributed by atoms with Crippen LogP contribution in [-0.2, 0) is 10.2 Å². The van der Waals surface area contributed by atoms with E-state index >= 15 is 0 Å². The summed E-state index contributed by atoms with van der Waals surface area (Å²) in [6, 6.07) is 9.56. The van der Waals surface area contributed by atoms with E-state index in [-0.39, 0.29) is 0 Å². The molecule has 14 heavy (non-hydrogen) atoms. The number of aliphatic carboxylic acids is 1. The van der Waals surface area contributed by atoms with Crippen molar-refractivity contribution in [3.8, 4) is 0 Å².